The summed E-state index contributed by atoms with van der Waals surface area (Å²) in [6.07, 6.45) is 2.13. The zero-order valence-electron chi connectivity index (χ0n) is 13.4. The fourth-order valence-corrected chi connectivity index (χ4v) is 2.81. The first-order valence-electron chi connectivity index (χ1n) is 8.19. The topological polar surface area (TPSA) is 41.7 Å². The number of hydrogen-bond acceptors (Lipinski definition) is 4. The molecule has 1 aromatic rings. The number of piperidine rings is 1. The minimum Gasteiger partial charge on any atom is -0.490 e. The van der Waals surface area contributed by atoms with Crippen molar-refractivity contribution in [3.8, 4) is 5.75 Å². The van der Waals surface area contributed by atoms with E-state index in [0.29, 0.717) is 6.04 Å². The number of nitrogens with two attached hydrogens (primary N) is 1. The first-order chi connectivity index (χ1) is 10.2. The van der Waals surface area contributed by atoms with Crippen LogP contribution >= 0.6 is 0 Å². The second-order valence-corrected chi connectivity index (χ2v) is 5.67. The van der Waals surface area contributed by atoms with Crippen LogP contribution in [-0.2, 0) is 0 Å². The highest BCUT2D eigenvalue weighted by atomic mass is 16.5. The summed E-state index contributed by atoms with van der Waals surface area (Å²) >= 11 is 0. The molecule has 1 aliphatic heterocycles. The van der Waals surface area contributed by atoms with Crippen LogP contribution in [0.2, 0.25) is 0 Å². The summed E-state index contributed by atoms with van der Waals surface area (Å²) in [5, 5.41) is 0. The lowest BCUT2D eigenvalue weighted by molar-refractivity contribution is 0.223. The highest BCUT2D eigenvalue weighted by Gasteiger charge is 2.18. The smallest absolute Gasteiger partial charge is 0.142 e. The predicted molar refractivity (Wildman–Crippen MR) is 89.1 cm³/mol. The van der Waals surface area contributed by atoms with Gasteiger partial charge in [-0.25, -0.2) is 0 Å². The summed E-state index contributed by atoms with van der Waals surface area (Å²) < 4.78 is 6.04. The molecule has 2 N–H and O–H groups in total. The van der Waals surface area contributed by atoms with Gasteiger partial charge in [0.25, 0.3) is 0 Å². The first kappa shape index (κ1) is 16.1. The van der Waals surface area contributed by atoms with Gasteiger partial charge in [-0.05, 0) is 38.1 Å². The van der Waals surface area contributed by atoms with Gasteiger partial charge in [-0.2, -0.15) is 0 Å². The number of rotatable bonds is 7. The molecule has 0 atom stereocenters. The van der Waals surface area contributed by atoms with E-state index in [1.54, 1.807) is 0 Å². The Morgan fingerprint density at radius 1 is 1.19 bits per heavy atom. The summed E-state index contributed by atoms with van der Waals surface area (Å²) in [6, 6.07) is 8.72. The van der Waals surface area contributed by atoms with Gasteiger partial charge in [0.05, 0.1) is 5.69 Å². The third-order valence-electron chi connectivity index (χ3n) is 4.31. The largest absolute Gasteiger partial charge is 0.490 e. The molecule has 1 aromatic carbocycles. The van der Waals surface area contributed by atoms with E-state index in [4.69, 9.17) is 10.5 Å². The van der Waals surface area contributed by atoms with Crippen LogP contribution in [0, 0.1) is 0 Å². The summed E-state index contributed by atoms with van der Waals surface area (Å²) in [6.45, 7) is 10.3. The van der Waals surface area contributed by atoms with Crippen molar-refractivity contribution in [3.63, 3.8) is 0 Å². The normalized spacial score (nSPS) is 16.5. The molecule has 1 fully saturated rings. The maximum absolute atomic E-state index is 6.04. The monoisotopic (exact) mass is 291 g/mol. The Morgan fingerprint density at radius 2 is 1.86 bits per heavy atom. The van der Waals surface area contributed by atoms with Gasteiger partial charge in [0.2, 0.25) is 0 Å². The molecule has 118 valence electrons. The SMILES string of the molecule is CCN(CC)CCOc1ccccc1N1CCC(N)CC1. The van der Waals surface area contributed by atoms with Crippen molar-refractivity contribution in [1.29, 1.82) is 0 Å². The zero-order valence-corrected chi connectivity index (χ0v) is 13.4. The fourth-order valence-electron chi connectivity index (χ4n) is 2.81. The molecule has 4 nitrogen and oxygen atoms in total. The summed E-state index contributed by atoms with van der Waals surface area (Å²) in [7, 11) is 0. The molecule has 1 heterocycles. The Labute approximate surface area is 128 Å². The van der Waals surface area contributed by atoms with Gasteiger partial charge in [-0.3, -0.25) is 0 Å². The molecule has 1 aliphatic rings. The van der Waals surface area contributed by atoms with Crippen LogP contribution in [-0.4, -0.2) is 50.3 Å². The van der Waals surface area contributed by atoms with Gasteiger partial charge in [-0.1, -0.05) is 26.0 Å². The Bertz CT molecular complexity index is 412. The molecule has 0 amide bonds. The average molecular weight is 291 g/mol. The average Bonchev–Trinajstić information content (AvgIpc) is 2.53. The molecule has 2 rings (SSSR count). The minimum atomic E-state index is 0.358. The molecule has 0 spiro atoms. The first-order valence-corrected chi connectivity index (χ1v) is 8.19. The molecule has 4 heteroatoms. The molecule has 0 aromatic heterocycles. The van der Waals surface area contributed by atoms with E-state index in [-0.39, 0.29) is 0 Å². The number of likely N-dealkylation sites (N-methyl/N-ethyl adjacent to an activating group) is 1. The quantitative estimate of drug-likeness (QED) is 0.837. The van der Waals surface area contributed by atoms with Crippen molar-refractivity contribution in [2.45, 2.75) is 32.7 Å². The maximum atomic E-state index is 6.04. The van der Waals surface area contributed by atoms with Crippen molar-refractivity contribution < 1.29 is 4.74 Å². The van der Waals surface area contributed by atoms with Crippen LogP contribution in [0.1, 0.15) is 26.7 Å². The van der Waals surface area contributed by atoms with Crippen LogP contribution in [0.3, 0.4) is 0 Å². The van der Waals surface area contributed by atoms with Gasteiger partial charge in [0, 0.05) is 25.7 Å². The fraction of sp³-hybridized carbons (Fsp3) is 0.647. The molecule has 0 bridgehead atoms. The summed E-state index contributed by atoms with van der Waals surface area (Å²) in [5.74, 6) is 1.00. The second-order valence-electron chi connectivity index (χ2n) is 5.67. The maximum Gasteiger partial charge on any atom is 0.142 e. The Balaban J connectivity index is 1.93. The van der Waals surface area contributed by atoms with E-state index in [0.717, 1.165) is 57.9 Å². The van der Waals surface area contributed by atoms with Crippen molar-refractivity contribution in [2.24, 2.45) is 5.73 Å². The van der Waals surface area contributed by atoms with Gasteiger partial charge in [0.15, 0.2) is 0 Å². The minimum absolute atomic E-state index is 0.358. The van der Waals surface area contributed by atoms with Gasteiger partial charge < -0.3 is 20.3 Å². The van der Waals surface area contributed by atoms with E-state index >= 15 is 0 Å². The number of benzene rings is 1. The molecular formula is C17H29N3O. The molecule has 0 radical (unpaired) electrons. The molecule has 0 unspecified atom stereocenters. The Hall–Kier alpha value is -1.26. The summed E-state index contributed by atoms with van der Waals surface area (Å²) in [5.41, 5.74) is 7.21. The summed E-state index contributed by atoms with van der Waals surface area (Å²) in [4.78, 5) is 4.78. The molecule has 0 aliphatic carbocycles. The highest BCUT2D eigenvalue weighted by Crippen LogP contribution is 2.30. The zero-order chi connectivity index (χ0) is 15.1. The lowest BCUT2D eigenvalue weighted by atomic mass is 10.1. The molecule has 0 saturated carbocycles. The van der Waals surface area contributed by atoms with Crippen molar-refractivity contribution in [3.05, 3.63) is 24.3 Å². The van der Waals surface area contributed by atoms with E-state index in [1.807, 2.05) is 6.07 Å². The molecule has 1 saturated heterocycles. The van der Waals surface area contributed by atoms with Crippen LogP contribution in [0.4, 0.5) is 5.69 Å². The van der Waals surface area contributed by atoms with E-state index < -0.39 is 0 Å². The lowest BCUT2D eigenvalue weighted by Crippen LogP contribution is -2.39. The second kappa shape index (κ2) is 8.25. The lowest BCUT2D eigenvalue weighted by Gasteiger charge is -2.33. The number of anilines is 1. The standard InChI is InChI=1S/C17H29N3O/c1-3-19(4-2)13-14-21-17-8-6-5-7-16(17)20-11-9-15(18)10-12-20/h5-8,15H,3-4,9-14,18H2,1-2H3. The van der Waals surface area contributed by atoms with Gasteiger partial charge >= 0.3 is 0 Å². The third-order valence-corrected chi connectivity index (χ3v) is 4.31. The van der Waals surface area contributed by atoms with E-state index in [1.165, 1.54) is 5.69 Å². The number of ether oxygens (including phenoxy) is 1. The third kappa shape index (κ3) is 4.61. The molecule has 21 heavy (non-hydrogen) atoms. The van der Waals surface area contributed by atoms with Crippen LogP contribution in [0.15, 0.2) is 24.3 Å². The molecular weight excluding hydrogens is 262 g/mol. The van der Waals surface area contributed by atoms with E-state index in [9.17, 15) is 0 Å². The van der Waals surface area contributed by atoms with Crippen molar-refractivity contribution >= 4 is 5.69 Å². The van der Waals surface area contributed by atoms with Crippen molar-refractivity contribution in [1.82, 2.24) is 4.90 Å². The van der Waals surface area contributed by atoms with Gasteiger partial charge in [-0.15, -0.1) is 0 Å². The predicted octanol–water partition coefficient (Wildman–Crippen LogP) is 2.33. The van der Waals surface area contributed by atoms with Gasteiger partial charge in [0.1, 0.15) is 12.4 Å². The Morgan fingerprint density at radius 3 is 2.52 bits per heavy atom. The van der Waals surface area contributed by atoms with E-state index in [2.05, 4.69) is 41.8 Å². The Kier molecular flexibility index (Phi) is 6.33. The van der Waals surface area contributed by atoms with Crippen LogP contribution < -0.4 is 15.4 Å². The number of nitrogens with zero attached hydrogens (tertiary/aromatic N) is 2. The highest BCUT2D eigenvalue weighted by molar-refractivity contribution is 5.58. The van der Waals surface area contributed by atoms with Crippen molar-refractivity contribution in [2.75, 3.05) is 44.2 Å². The van der Waals surface area contributed by atoms with Crippen LogP contribution in [0.25, 0.3) is 0 Å². The van der Waals surface area contributed by atoms with Crippen LogP contribution in [0.5, 0.6) is 5.75 Å². The number of hydrogen-bond donors (Lipinski definition) is 1. The number of para-hydroxylation sites is 2.